The molecule has 7 heteroatoms. The first kappa shape index (κ1) is 14.8. The summed E-state index contributed by atoms with van der Waals surface area (Å²) in [5.41, 5.74) is 6.12. The molecule has 1 unspecified atom stereocenters. The number of nitrogens with one attached hydrogen (secondary N) is 1. The lowest BCUT2D eigenvalue weighted by Crippen LogP contribution is -2.33. The number of carbonyl (C=O) groups excluding carboxylic acids is 1. The van der Waals surface area contributed by atoms with Crippen LogP contribution in [0.5, 0.6) is 0 Å². The van der Waals surface area contributed by atoms with Crippen molar-refractivity contribution in [3.05, 3.63) is 72.8 Å². The zero-order valence-corrected chi connectivity index (χ0v) is 13.6. The summed E-state index contributed by atoms with van der Waals surface area (Å²) in [6, 6.07) is 17.7. The number of amides is 1. The van der Waals surface area contributed by atoms with Crippen LogP contribution in [0.3, 0.4) is 0 Å². The average Bonchev–Trinajstić information content (AvgIpc) is 3.27. The van der Waals surface area contributed by atoms with Gasteiger partial charge in [-0.3, -0.25) is 10.2 Å². The third-order valence-electron chi connectivity index (χ3n) is 3.75. The van der Waals surface area contributed by atoms with Crippen LogP contribution in [0.2, 0.25) is 0 Å². The number of anilines is 1. The number of hydrazine groups is 1. The van der Waals surface area contributed by atoms with Gasteiger partial charge in [0.15, 0.2) is 0 Å². The number of para-hydroxylation sites is 1. The Balaban J connectivity index is 1.57. The molecule has 0 saturated carbocycles. The first-order chi connectivity index (χ1) is 11.8. The molecule has 120 valence electrons. The highest BCUT2D eigenvalue weighted by Crippen LogP contribution is 2.38. The molecule has 1 N–H and O–H groups in total. The number of benzene rings is 2. The third kappa shape index (κ3) is 2.85. The average molecular weight is 337 g/mol. The Kier molecular flexibility index (Phi) is 3.92. The molecule has 24 heavy (non-hydrogen) atoms. The Hall–Kier alpha value is -2.80. The highest BCUT2D eigenvalue weighted by atomic mass is 32.2. The minimum absolute atomic E-state index is 0.0532. The van der Waals surface area contributed by atoms with E-state index in [0.29, 0.717) is 5.75 Å². The monoisotopic (exact) mass is 337 g/mol. The van der Waals surface area contributed by atoms with Crippen molar-refractivity contribution in [2.24, 2.45) is 0 Å². The number of aromatic nitrogens is 3. The van der Waals surface area contributed by atoms with Gasteiger partial charge in [-0.15, -0.1) is 11.8 Å². The normalized spacial score (nSPS) is 17.2. The van der Waals surface area contributed by atoms with Gasteiger partial charge in [-0.25, -0.2) is 14.7 Å². The predicted octanol–water partition coefficient (Wildman–Crippen LogP) is 2.87. The number of nitrogens with zero attached hydrogens (tertiary/aromatic N) is 4. The Bertz CT molecular complexity index is 820. The quantitative estimate of drug-likeness (QED) is 0.793. The highest BCUT2D eigenvalue weighted by Gasteiger charge is 2.33. The SMILES string of the molecule is O=C1CSC(c2ccc(-n3cncn3)cc2)N1Nc1ccccc1. The van der Waals surface area contributed by atoms with Crippen LogP contribution in [-0.2, 0) is 4.79 Å². The van der Waals surface area contributed by atoms with E-state index < -0.39 is 0 Å². The molecule has 1 atom stereocenters. The molecule has 1 saturated heterocycles. The van der Waals surface area contributed by atoms with Crippen LogP contribution in [0.4, 0.5) is 5.69 Å². The van der Waals surface area contributed by atoms with E-state index >= 15 is 0 Å². The molecule has 6 nitrogen and oxygen atoms in total. The molecule has 4 rings (SSSR count). The summed E-state index contributed by atoms with van der Waals surface area (Å²) in [6.45, 7) is 0. The molecule has 1 aliphatic rings. The molecule has 1 amide bonds. The lowest BCUT2D eigenvalue weighted by molar-refractivity contribution is -0.126. The second-order valence-electron chi connectivity index (χ2n) is 5.34. The molecule has 1 aliphatic heterocycles. The molecule has 1 fully saturated rings. The fourth-order valence-electron chi connectivity index (χ4n) is 2.58. The molecule has 0 spiro atoms. The second kappa shape index (κ2) is 6.37. The van der Waals surface area contributed by atoms with Crippen molar-refractivity contribution in [2.45, 2.75) is 5.37 Å². The van der Waals surface area contributed by atoms with Gasteiger partial charge in [0.2, 0.25) is 0 Å². The van der Waals surface area contributed by atoms with Crippen molar-refractivity contribution in [3.63, 3.8) is 0 Å². The van der Waals surface area contributed by atoms with Crippen LogP contribution in [-0.4, -0.2) is 31.4 Å². The van der Waals surface area contributed by atoms with Gasteiger partial charge in [0.05, 0.1) is 17.1 Å². The standard InChI is InChI=1S/C17H15N5OS/c23-16-10-24-17(22(16)20-14-4-2-1-3-5-14)13-6-8-15(9-7-13)21-12-18-11-19-21/h1-9,11-12,17,20H,10H2. The highest BCUT2D eigenvalue weighted by molar-refractivity contribution is 8.00. The van der Waals surface area contributed by atoms with Gasteiger partial charge in [-0.1, -0.05) is 30.3 Å². The van der Waals surface area contributed by atoms with E-state index in [1.54, 1.807) is 27.8 Å². The van der Waals surface area contributed by atoms with E-state index in [9.17, 15) is 4.79 Å². The van der Waals surface area contributed by atoms with Gasteiger partial charge in [0.25, 0.3) is 5.91 Å². The maximum absolute atomic E-state index is 12.2. The van der Waals surface area contributed by atoms with Crippen LogP contribution < -0.4 is 5.43 Å². The molecule has 0 radical (unpaired) electrons. The summed E-state index contributed by atoms with van der Waals surface area (Å²) in [6.07, 6.45) is 3.16. The van der Waals surface area contributed by atoms with Crippen LogP contribution in [0.1, 0.15) is 10.9 Å². The molecule has 2 heterocycles. The van der Waals surface area contributed by atoms with Crippen molar-refractivity contribution < 1.29 is 4.79 Å². The van der Waals surface area contributed by atoms with Crippen LogP contribution >= 0.6 is 11.8 Å². The van der Waals surface area contributed by atoms with Crippen LogP contribution in [0, 0.1) is 0 Å². The smallest absolute Gasteiger partial charge is 0.252 e. The summed E-state index contributed by atoms with van der Waals surface area (Å²) in [4.78, 5) is 16.2. The maximum atomic E-state index is 12.2. The first-order valence-corrected chi connectivity index (χ1v) is 8.56. The largest absolute Gasteiger partial charge is 0.295 e. The maximum Gasteiger partial charge on any atom is 0.252 e. The van der Waals surface area contributed by atoms with Crippen molar-refractivity contribution in [2.75, 3.05) is 11.2 Å². The Morgan fingerprint density at radius 3 is 2.58 bits per heavy atom. The fraction of sp³-hybridized carbons (Fsp3) is 0.118. The Morgan fingerprint density at radius 2 is 1.88 bits per heavy atom. The summed E-state index contributed by atoms with van der Waals surface area (Å²) in [5, 5.41) is 5.77. The summed E-state index contributed by atoms with van der Waals surface area (Å²) in [7, 11) is 0. The van der Waals surface area contributed by atoms with Crippen molar-refractivity contribution in [3.8, 4) is 5.69 Å². The lowest BCUT2D eigenvalue weighted by atomic mass is 10.2. The number of carbonyl (C=O) groups is 1. The number of rotatable bonds is 4. The van der Waals surface area contributed by atoms with Gasteiger partial charge in [0.1, 0.15) is 18.0 Å². The topological polar surface area (TPSA) is 63.1 Å². The molecule has 2 aromatic carbocycles. The zero-order chi connectivity index (χ0) is 16.4. The molecule has 1 aromatic heterocycles. The van der Waals surface area contributed by atoms with Crippen molar-refractivity contribution in [1.29, 1.82) is 0 Å². The van der Waals surface area contributed by atoms with Crippen molar-refractivity contribution >= 4 is 23.4 Å². The minimum atomic E-state index is -0.0532. The van der Waals surface area contributed by atoms with E-state index in [-0.39, 0.29) is 11.3 Å². The summed E-state index contributed by atoms with van der Waals surface area (Å²) < 4.78 is 1.71. The Labute approximate surface area is 143 Å². The van der Waals surface area contributed by atoms with E-state index in [1.807, 2.05) is 54.6 Å². The second-order valence-corrected chi connectivity index (χ2v) is 6.41. The minimum Gasteiger partial charge on any atom is -0.295 e. The van der Waals surface area contributed by atoms with Gasteiger partial charge in [-0.05, 0) is 29.8 Å². The summed E-state index contributed by atoms with van der Waals surface area (Å²) in [5.74, 6) is 0.546. The van der Waals surface area contributed by atoms with Gasteiger partial charge in [-0.2, -0.15) is 5.10 Å². The van der Waals surface area contributed by atoms with Crippen molar-refractivity contribution in [1.82, 2.24) is 19.8 Å². The van der Waals surface area contributed by atoms with Gasteiger partial charge >= 0.3 is 0 Å². The van der Waals surface area contributed by atoms with Gasteiger partial charge in [0, 0.05) is 0 Å². The lowest BCUT2D eigenvalue weighted by Gasteiger charge is -2.25. The van der Waals surface area contributed by atoms with E-state index in [1.165, 1.54) is 6.33 Å². The first-order valence-electron chi connectivity index (χ1n) is 7.51. The van der Waals surface area contributed by atoms with Gasteiger partial charge < -0.3 is 0 Å². The number of thioether (sulfide) groups is 1. The van der Waals surface area contributed by atoms with E-state index in [4.69, 9.17) is 0 Å². The molecule has 0 bridgehead atoms. The molecule has 0 aliphatic carbocycles. The third-order valence-corrected chi connectivity index (χ3v) is 4.97. The van der Waals surface area contributed by atoms with Crippen LogP contribution in [0.25, 0.3) is 5.69 Å². The van der Waals surface area contributed by atoms with E-state index in [2.05, 4.69) is 15.5 Å². The zero-order valence-electron chi connectivity index (χ0n) is 12.7. The van der Waals surface area contributed by atoms with Crippen LogP contribution in [0.15, 0.2) is 67.3 Å². The molecule has 3 aromatic rings. The Morgan fingerprint density at radius 1 is 1.08 bits per heavy atom. The number of hydrogen-bond acceptors (Lipinski definition) is 5. The fourth-order valence-corrected chi connectivity index (χ4v) is 3.68. The molecular formula is C17H15N5OS. The summed E-state index contributed by atoms with van der Waals surface area (Å²) >= 11 is 1.61. The van der Waals surface area contributed by atoms with E-state index in [0.717, 1.165) is 16.9 Å². The number of hydrogen-bond donors (Lipinski definition) is 1. The predicted molar refractivity (Wildman–Crippen MR) is 93.5 cm³/mol. The molecular weight excluding hydrogens is 322 g/mol.